The SMILES string of the molecule is C[C@@H](CN(CCCN)C[C@H](O)[C@@H](O)[C@H]1CCOC(c2ccccc2)O1)[C@@H](O)[C@H]1CCOC(c2ccccc2)O1. The second-order valence-electron chi connectivity index (χ2n) is 10.6. The first-order valence-electron chi connectivity index (χ1n) is 14.1. The number of aliphatic hydroxyl groups is 3. The van der Waals surface area contributed by atoms with Crippen LogP contribution in [0.5, 0.6) is 0 Å². The normalized spacial score (nSPS) is 27.1. The Hall–Kier alpha value is -1.92. The summed E-state index contributed by atoms with van der Waals surface area (Å²) in [6.45, 7) is 4.81. The highest BCUT2D eigenvalue weighted by molar-refractivity contribution is 5.17. The van der Waals surface area contributed by atoms with Crippen LogP contribution in [-0.4, -0.2) is 90.1 Å². The van der Waals surface area contributed by atoms with Crippen molar-refractivity contribution in [2.75, 3.05) is 39.4 Å². The quantitative estimate of drug-likeness (QED) is 0.301. The summed E-state index contributed by atoms with van der Waals surface area (Å²) in [4.78, 5) is 2.05. The Balaban J connectivity index is 1.32. The highest BCUT2D eigenvalue weighted by atomic mass is 16.7. The first-order chi connectivity index (χ1) is 19.0. The fraction of sp³-hybridized carbons (Fsp3) is 0.600. The zero-order valence-electron chi connectivity index (χ0n) is 22.8. The van der Waals surface area contributed by atoms with Crippen molar-refractivity contribution in [1.82, 2.24) is 4.90 Å². The van der Waals surface area contributed by atoms with E-state index in [9.17, 15) is 15.3 Å². The highest BCUT2D eigenvalue weighted by Gasteiger charge is 2.36. The van der Waals surface area contributed by atoms with Gasteiger partial charge in [-0.05, 0) is 38.3 Å². The van der Waals surface area contributed by atoms with Crippen LogP contribution in [0, 0.1) is 5.92 Å². The third-order valence-electron chi connectivity index (χ3n) is 7.49. The Morgan fingerprint density at radius 1 is 0.795 bits per heavy atom. The van der Waals surface area contributed by atoms with Crippen LogP contribution in [0.25, 0.3) is 0 Å². The summed E-state index contributed by atoms with van der Waals surface area (Å²) >= 11 is 0. The lowest BCUT2D eigenvalue weighted by atomic mass is 9.95. The van der Waals surface area contributed by atoms with Gasteiger partial charge in [-0.2, -0.15) is 0 Å². The fourth-order valence-electron chi connectivity index (χ4n) is 5.26. The molecular weight excluding hydrogens is 500 g/mol. The van der Waals surface area contributed by atoms with Gasteiger partial charge in [-0.1, -0.05) is 67.6 Å². The predicted octanol–water partition coefficient (Wildman–Crippen LogP) is 2.36. The Kier molecular flexibility index (Phi) is 11.7. The summed E-state index contributed by atoms with van der Waals surface area (Å²) in [7, 11) is 0. The molecular formula is C30H44N2O7. The Morgan fingerprint density at radius 3 is 1.82 bits per heavy atom. The van der Waals surface area contributed by atoms with E-state index in [1.807, 2.05) is 67.6 Å². The van der Waals surface area contributed by atoms with E-state index in [2.05, 4.69) is 4.90 Å². The third-order valence-corrected chi connectivity index (χ3v) is 7.49. The van der Waals surface area contributed by atoms with Crippen molar-refractivity contribution in [3.63, 3.8) is 0 Å². The molecule has 8 atom stereocenters. The molecule has 0 aromatic heterocycles. The standard InChI is InChI=1S/C30H44N2O7/c1-21(27(34)25-13-17-36-29(38-25)22-9-4-2-5-10-22)19-32(16-8-15-31)20-24(33)28(35)26-14-18-37-30(39-26)23-11-6-3-7-12-23/h2-7,9-12,21,24-30,33-35H,8,13-20,31H2,1H3/t21-,24-,25+,26+,27+,28+,29?,30?/m0/s1. The predicted molar refractivity (Wildman–Crippen MR) is 147 cm³/mol. The minimum Gasteiger partial charge on any atom is -0.390 e. The van der Waals surface area contributed by atoms with E-state index < -0.39 is 37.0 Å². The van der Waals surface area contributed by atoms with Crippen LogP contribution in [-0.2, 0) is 18.9 Å². The number of hydrogen-bond donors (Lipinski definition) is 4. The van der Waals surface area contributed by atoms with Gasteiger partial charge in [0.1, 0.15) is 6.10 Å². The summed E-state index contributed by atoms with van der Waals surface area (Å²) in [6, 6.07) is 19.3. The molecule has 0 aliphatic carbocycles. The molecule has 4 rings (SSSR count). The summed E-state index contributed by atoms with van der Waals surface area (Å²) in [5.41, 5.74) is 7.58. The van der Waals surface area contributed by atoms with Gasteiger partial charge in [-0.3, -0.25) is 0 Å². The van der Waals surface area contributed by atoms with E-state index in [4.69, 9.17) is 24.7 Å². The number of nitrogens with two attached hydrogens (primary N) is 1. The maximum absolute atomic E-state index is 11.2. The van der Waals surface area contributed by atoms with Crippen molar-refractivity contribution in [3.05, 3.63) is 71.8 Å². The van der Waals surface area contributed by atoms with Crippen molar-refractivity contribution in [2.24, 2.45) is 11.7 Å². The number of nitrogens with zero attached hydrogens (tertiary/aromatic N) is 1. The molecule has 0 amide bonds. The van der Waals surface area contributed by atoms with Gasteiger partial charge in [-0.15, -0.1) is 0 Å². The van der Waals surface area contributed by atoms with E-state index in [0.29, 0.717) is 45.7 Å². The monoisotopic (exact) mass is 544 g/mol. The zero-order chi connectivity index (χ0) is 27.6. The Labute approximate surface area is 231 Å². The Morgan fingerprint density at radius 2 is 1.31 bits per heavy atom. The van der Waals surface area contributed by atoms with Crippen LogP contribution >= 0.6 is 0 Å². The summed E-state index contributed by atoms with van der Waals surface area (Å²) in [6.07, 6.45) is -3.00. The fourth-order valence-corrected chi connectivity index (χ4v) is 5.26. The van der Waals surface area contributed by atoms with Gasteiger partial charge in [0.25, 0.3) is 0 Å². The molecule has 2 aromatic rings. The van der Waals surface area contributed by atoms with E-state index in [-0.39, 0.29) is 18.6 Å². The van der Waals surface area contributed by atoms with E-state index in [1.165, 1.54) is 0 Å². The molecule has 9 heteroatoms. The van der Waals surface area contributed by atoms with Gasteiger partial charge >= 0.3 is 0 Å². The van der Waals surface area contributed by atoms with Crippen LogP contribution in [0.3, 0.4) is 0 Å². The van der Waals surface area contributed by atoms with Crippen LogP contribution in [0.4, 0.5) is 0 Å². The zero-order valence-corrected chi connectivity index (χ0v) is 22.8. The van der Waals surface area contributed by atoms with Crippen LogP contribution in [0.1, 0.15) is 49.9 Å². The number of aliphatic hydroxyl groups excluding tert-OH is 3. The molecule has 0 saturated carbocycles. The minimum atomic E-state index is -1.08. The maximum Gasteiger partial charge on any atom is 0.184 e. The lowest BCUT2D eigenvalue weighted by Crippen LogP contribution is -2.50. The van der Waals surface area contributed by atoms with Gasteiger partial charge < -0.3 is 44.9 Å². The number of rotatable bonds is 13. The third kappa shape index (κ3) is 8.53. The first kappa shape index (κ1) is 30.0. The summed E-state index contributed by atoms with van der Waals surface area (Å²) in [5.74, 6) is -0.145. The molecule has 0 radical (unpaired) electrons. The van der Waals surface area contributed by atoms with Crippen LogP contribution < -0.4 is 5.73 Å². The van der Waals surface area contributed by atoms with Crippen LogP contribution in [0.2, 0.25) is 0 Å². The van der Waals surface area contributed by atoms with E-state index >= 15 is 0 Å². The lowest BCUT2D eigenvalue weighted by Gasteiger charge is -2.38. The van der Waals surface area contributed by atoms with Gasteiger partial charge in [0.05, 0.1) is 37.6 Å². The smallest absolute Gasteiger partial charge is 0.184 e. The van der Waals surface area contributed by atoms with Gasteiger partial charge in [0.15, 0.2) is 12.6 Å². The molecule has 5 N–H and O–H groups in total. The average molecular weight is 545 g/mol. The molecule has 39 heavy (non-hydrogen) atoms. The molecule has 2 unspecified atom stereocenters. The van der Waals surface area contributed by atoms with Gasteiger partial charge in [0.2, 0.25) is 0 Å². The number of ether oxygens (including phenoxy) is 4. The van der Waals surface area contributed by atoms with Crippen molar-refractivity contribution in [2.45, 2.75) is 69.3 Å². The van der Waals surface area contributed by atoms with Crippen molar-refractivity contribution in [3.8, 4) is 0 Å². The number of hydrogen-bond acceptors (Lipinski definition) is 9. The van der Waals surface area contributed by atoms with E-state index in [1.54, 1.807) is 0 Å². The summed E-state index contributed by atoms with van der Waals surface area (Å²) < 4.78 is 23.7. The molecule has 2 aliphatic rings. The summed E-state index contributed by atoms with van der Waals surface area (Å²) in [5, 5.41) is 33.2. The van der Waals surface area contributed by atoms with Crippen molar-refractivity contribution < 1.29 is 34.3 Å². The molecule has 0 bridgehead atoms. The highest BCUT2D eigenvalue weighted by Crippen LogP contribution is 2.30. The topological polar surface area (TPSA) is 127 Å². The van der Waals surface area contributed by atoms with E-state index in [0.717, 1.165) is 17.5 Å². The van der Waals surface area contributed by atoms with Crippen molar-refractivity contribution in [1.29, 1.82) is 0 Å². The molecule has 0 spiro atoms. The molecule has 2 aliphatic heterocycles. The van der Waals surface area contributed by atoms with Gasteiger partial charge in [-0.25, -0.2) is 0 Å². The van der Waals surface area contributed by atoms with Crippen LogP contribution in [0.15, 0.2) is 60.7 Å². The average Bonchev–Trinajstić information content (AvgIpc) is 3.00. The molecule has 2 fully saturated rings. The molecule has 2 saturated heterocycles. The maximum atomic E-state index is 11.2. The molecule has 2 aromatic carbocycles. The van der Waals surface area contributed by atoms with Gasteiger partial charge in [0, 0.05) is 24.2 Å². The molecule has 216 valence electrons. The second-order valence-corrected chi connectivity index (χ2v) is 10.6. The molecule has 2 heterocycles. The largest absolute Gasteiger partial charge is 0.390 e. The first-order valence-corrected chi connectivity index (χ1v) is 14.1. The minimum absolute atomic E-state index is 0.145. The Bertz CT molecular complexity index is 879. The van der Waals surface area contributed by atoms with Crippen molar-refractivity contribution >= 4 is 0 Å². The molecule has 9 nitrogen and oxygen atoms in total. The second kappa shape index (κ2) is 15.2. The number of benzene rings is 2. The lowest BCUT2D eigenvalue weighted by molar-refractivity contribution is -0.247.